The zero-order chi connectivity index (χ0) is 11.7. The van der Waals surface area contributed by atoms with Crippen LogP contribution in [0.1, 0.15) is 22.6 Å². The molecule has 4 heteroatoms. The minimum atomic E-state index is 0.630. The highest BCUT2D eigenvalue weighted by atomic mass is 35.5. The van der Waals surface area contributed by atoms with Gasteiger partial charge >= 0.3 is 0 Å². The molecule has 1 aromatic heterocycles. The van der Waals surface area contributed by atoms with Crippen LogP contribution in [0.2, 0.25) is 5.15 Å². The van der Waals surface area contributed by atoms with Crippen molar-refractivity contribution in [3.8, 4) is 0 Å². The van der Waals surface area contributed by atoms with Crippen molar-refractivity contribution in [2.24, 2.45) is 0 Å². The molecule has 2 nitrogen and oxygen atoms in total. The lowest BCUT2D eigenvalue weighted by molar-refractivity contribution is 0.928. The average Bonchev–Trinajstić information content (AvgIpc) is 2.79. The van der Waals surface area contributed by atoms with Crippen LogP contribution in [-0.4, -0.2) is 9.97 Å². The Balaban J connectivity index is 1.92. The third-order valence-corrected chi connectivity index (χ3v) is 4.06. The van der Waals surface area contributed by atoms with Crippen molar-refractivity contribution in [3.63, 3.8) is 0 Å². The van der Waals surface area contributed by atoms with Gasteiger partial charge in [0, 0.05) is 23.5 Å². The first-order valence-electron chi connectivity index (χ1n) is 5.49. The predicted octanol–water partition coefficient (Wildman–Crippen LogP) is 3.47. The van der Waals surface area contributed by atoms with Crippen LogP contribution >= 0.6 is 23.4 Å². The number of hydrogen-bond acceptors (Lipinski definition) is 3. The highest BCUT2D eigenvalue weighted by Gasteiger charge is 2.18. The van der Waals surface area contributed by atoms with E-state index in [-0.39, 0.29) is 0 Å². The Labute approximate surface area is 109 Å². The van der Waals surface area contributed by atoms with Gasteiger partial charge in [-0.2, -0.15) is 11.8 Å². The van der Waals surface area contributed by atoms with Crippen LogP contribution < -0.4 is 0 Å². The van der Waals surface area contributed by atoms with Crippen LogP contribution in [0, 0.1) is 0 Å². The average molecular weight is 263 g/mol. The summed E-state index contributed by atoms with van der Waals surface area (Å²) in [4.78, 5) is 8.97. The molecule has 1 aromatic carbocycles. The molecule has 1 aliphatic heterocycles. The minimum Gasteiger partial charge on any atom is -0.236 e. The Bertz CT molecular complexity index is 543. The molecule has 3 rings (SSSR count). The smallest absolute Gasteiger partial charge is 0.137 e. The van der Waals surface area contributed by atoms with Crippen LogP contribution in [-0.2, 0) is 17.9 Å². The Hall–Kier alpha value is -1.06. The molecular formula is C13H11ClN2S. The summed E-state index contributed by atoms with van der Waals surface area (Å²) in [6.45, 7) is 0. The van der Waals surface area contributed by atoms with E-state index >= 15 is 0 Å². The van der Waals surface area contributed by atoms with Crippen molar-refractivity contribution in [1.29, 1.82) is 0 Å². The van der Waals surface area contributed by atoms with E-state index in [1.807, 2.05) is 30.0 Å². The molecule has 0 aliphatic carbocycles. The maximum atomic E-state index is 6.18. The predicted molar refractivity (Wildman–Crippen MR) is 71.3 cm³/mol. The molecule has 17 heavy (non-hydrogen) atoms. The fourth-order valence-electron chi connectivity index (χ4n) is 1.92. The van der Waals surface area contributed by atoms with E-state index in [9.17, 15) is 0 Å². The molecule has 0 bridgehead atoms. The molecule has 0 atom stereocenters. The molecule has 1 aliphatic rings. The maximum absolute atomic E-state index is 6.18. The minimum absolute atomic E-state index is 0.630. The van der Waals surface area contributed by atoms with Gasteiger partial charge in [-0.25, -0.2) is 9.97 Å². The second-order valence-corrected chi connectivity index (χ2v) is 5.35. The summed E-state index contributed by atoms with van der Waals surface area (Å²) in [7, 11) is 0. The third kappa shape index (κ3) is 2.31. The van der Waals surface area contributed by atoms with Crippen molar-refractivity contribution >= 4 is 23.4 Å². The SMILES string of the molecule is Clc1nc(Cc2ccccc2)nc2c1CSC2. The molecule has 0 radical (unpaired) electrons. The number of hydrogen-bond donors (Lipinski definition) is 0. The summed E-state index contributed by atoms with van der Waals surface area (Å²) in [5, 5.41) is 0.630. The van der Waals surface area contributed by atoms with Gasteiger partial charge in [0.1, 0.15) is 11.0 Å². The van der Waals surface area contributed by atoms with E-state index < -0.39 is 0 Å². The van der Waals surface area contributed by atoms with Crippen LogP contribution in [0.4, 0.5) is 0 Å². The third-order valence-electron chi connectivity index (χ3n) is 2.78. The molecule has 0 saturated carbocycles. The number of aromatic nitrogens is 2. The van der Waals surface area contributed by atoms with E-state index in [0.29, 0.717) is 5.15 Å². The second-order valence-electron chi connectivity index (χ2n) is 4.01. The van der Waals surface area contributed by atoms with Gasteiger partial charge < -0.3 is 0 Å². The van der Waals surface area contributed by atoms with Gasteiger partial charge in [0.2, 0.25) is 0 Å². The highest BCUT2D eigenvalue weighted by molar-refractivity contribution is 7.98. The van der Waals surface area contributed by atoms with Gasteiger partial charge in [-0.3, -0.25) is 0 Å². The summed E-state index contributed by atoms with van der Waals surface area (Å²) < 4.78 is 0. The second kappa shape index (κ2) is 4.67. The van der Waals surface area contributed by atoms with Gasteiger partial charge in [-0.05, 0) is 5.56 Å². The van der Waals surface area contributed by atoms with Crippen LogP contribution in [0.25, 0.3) is 0 Å². The van der Waals surface area contributed by atoms with Crippen molar-refractivity contribution < 1.29 is 0 Å². The molecule has 0 fully saturated rings. The van der Waals surface area contributed by atoms with Crippen LogP contribution in [0.5, 0.6) is 0 Å². The van der Waals surface area contributed by atoms with Gasteiger partial charge in [-0.15, -0.1) is 0 Å². The summed E-state index contributed by atoms with van der Waals surface area (Å²) in [6, 6.07) is 10.2. The molecule has 0 spiro atoms. The first kappa shape index (κ1) is 11.1. The maximum Gasteiger partial charge on any atom is 0.137 e. The number of thioether (sulfide) groups is 1. The number of fused-ring (bicyclic) bond motifs is 1. The van der Waals surface area contributed by atoms with E-state index in [0.717, 1.165) is 35.0 Å². The van der Waals surface area contributed by atoms with E-state index in [1.165, 1.54) is 5.56 Å². The fourth-order valence-corrected chi connectivity index (χ4v) is 3.31. The first-order valence-corrected chi connectivity index (χ1v) is 7.02. The summed E-state index contributed by atoms with van der Waals surface area (Å²) >= 11 is 8.02. The molecule has 2 heterocycles. The monoisotopic (exact) mass is 262 g/mol. The molecule has 0 amide bonds. The number of nitrogens with zero attached hydrogens (tertiary/aromatic N) is 2. The zero-order valence-corrected chi connectivity index (χ0v) is 10.8. The lowest BCUT2D eigenvalue weighted by atomic mass is 10.1. The lowest BCUT2D eigenvalue weighted by Crippen LogP contribution is -2.02. The zero-order valence-electron chi connectivity index (χ0n) is 9.19. The number of rotatable bonds is 2. The van der Waals surface area contributed by atoms with Gasteiger partial charge in [0.15, 0.2) is 0 Å². The number of halogens is 1. The normalized spacial score (nSPS) is 13.7. The lowest BCUT2D eigenvalue weighted by Gasteiger charge is -2.05. The van der Waals surface area contributed by atoms with Crippen molar-refractivity contribution in [1.82, 2.24) is 9.97 Å². The summed E-state index contributed by atoms with van der Waals surface area (Å²) in [6.07, 6.45) is 0.749. The molecule has 0 N–H and O–H groups in total. The number of benzene rings is 1. The van der Waals surface area contributed by atoms with Gasteiger partial charge in [0.05, 0.1) is 5.69 Å². The van der Waals surface area contributed by atoms with Crippen molar-refractivity contribution in [2.75, 3.05) is 0 Å². The topological polar surface area (TPSA) is 25.8 Å². The van der Waals surface area contributed by atoms with Crippen molar-refractivity contribution in [2.45, 2.75) is 17.9 Å². The van der Waals surface area contributed by atoms with Crippen LogP contribution in [0.15, 0.2) is 30.3 Å². The first-order chi connectivity index (χ1) is 8.33. The fraction of sp³-hybridized carbons (Fsp3) is 0.231. The highest BCUT2D eigenvalue weighted by Crippen LogP contribution is 2.32. The quantitative estimate of drug-likeness (QED) is 0.775. The Morgan fingerprint density at radius 3 is 2.76 bits per heavy atom. The van der Waals surface area contributed by atoms with Gasteiger partial charge in [0.25, 0.3) is 0 Å². The molecule has 2 aromatic rings. The molecule has 0 unspecified atom stereocenters. The molecule has 86 valence electrons. The van der Waals surface area contributed by atoms with Crippen molar-refractivity contribution in [3.05, 3.63) is 58.1 Å². The Morgan fingerprint density at radius 2 is 1.94 bits per heavy atom. The Kier molecular flexibility index (Phi) is 3.04. The summed E-state index contributed by atoms with van der Waals surface area (Å²) in [5.74, 6) is 2.72. The summed E-state index contributed by atoms with van der Waals surface area (Å²) in [5.41, 5.74) is 3.45. The van der Waals surface area contributed by atoms with E-state index in [4.69, 9.17) is 11.6 Å². The van der Waals surface area contributed by atoms with E-state index in [1.54, 1.807) is 0 Å². The Morgan fingerprint density at radius 1 is 1.12 bits per heavy atom. The standard InChI is InChI=1S/C13H11ClN2S/c14-13-10-7-17-8-11(10)15-12(16-13)6-9-4-2-1-3-5-9/h1-5H,6-8H2. The van der Waals surface area contributed by atoms with Crippen LogP contribution in [0.3, 0.4) is 0 Å². The largest absolute Gasteiger partial charge is 0.236 e. The van der Waals surface area contributed by atoms with E-state index in [2.05, 4.69) is 22.1 Å². The van der Waals surface area contributed by atoms with Gasteiger partial charge in [-0.1, -0.05) is 41.9 Å². The molecular weight excluding hydrogens is 252 g/mol. The molecule has 0 saturated heterocycles.